The van der Waals surface area contributed by atoms with Gasteiger partial charge in [0.15, 0.2) is 0 Å². The Bertz CT molecular complexity index is 626. The molecule has 132 valence electrons. The molecule has 0 aromatic carbocycles. The van der Waals surface area contributed by atoms with Gasteiger partial charge < -0.3 is 9.88 Å². The van der Waals surface area contributed by atoms with Gasteiger partial charge in [-0.25, -0.2) is 0 Å². The second-order valence-electron chi connectivity index (χ2n) is 7.38. The van der Waals surface area contributed by atoms with Crippen LogP contribution in [0.25, 0.3) is 0 Å². The number of hydrogen-bond acceptors (Lipinski definition) is 3. The third kappa shape index (κ3) is 3.72. The number of aryl methyl sites for hydroxylation is 1. The van der Waals surface area contributed by atoms with Crippen LogP contribution >= 0.6 is 0 Å². The molecule has 5 nitrogen and oxygen atoms in total. The van der Waals surface area contributed by atoms with Gasteiger partial charge in [-0.05, 0) is 44.8 Å². The Balaban J connectivity index is 1.69. The molecule has 2 fully saturated rings. The number of nitrogens with one attached hydrogen (secondary N) is 1. The smallest absolute Gasteiger partial charge is 0.251 e. The van der Waals surface area contributed by atoms with Crippen molar-refractivity contribution in [2.45, 2.75) is 56.9 Å². The molecule has 24 heavy (non-hydrogen) atoms. The van der Waals surface area contributed by atoms with Crippen LogP contribution in [0.1, 0.15) is 61.7 Å². The third-order valence-corrected chi connectivity index (χ3v) is 5.76. The van der Waals surface area contributed by atoms with Crippen molar-refractivity contribution in [2.24, 2.45) is 7.05 Å². The lowest BCUT2D eigenvalue weighted by molar-refractivity contribution is 0.0326. The van der Waals surface area contributed by atoms with Crippen molar-refractivity contribution in [3.05, 3.63) is 34.2 Å². The van der Waals surface area contributed by atoms with Crippen LogP contribution in [0.5, 0.6) is 0 Å². The van der Waals surface area contributed by atoms with E-state index in [-0.39, 0.29) is 17.0 Å². The maximum atomic E-state index is 12.5. The number of piperidine rings is 1. The quantitative estimate of drug-likeness (QED) is 0.921. The standard InChI is InChI=1S/C19H29N3O2/c1-21-13-8-16(14-17(21)23)18(24)20-15-19(9-4-2-5-10-19)22-11-6-3-7-12-22/h8,13-14H,2-7,9-12,15H2,1H3,(H,20,24). The molecular formula is C19H29N3O2. The maximum absolute atomic E-state index is 12.5. The molecule has 5 heteroatoms. The lowest BCUT2D eigenvalue weighted by Crippen LogP contribution is -2.58. The van der Waals surface area contributed by atoms with E-state index in [0.29, 0.717) is 12.1 Å². The molecular weight excluding hydrogens is 302 g/mol. The second kappa shape index (κ2) is 7.51. The number of nitrogens with zero attached hydrogens (tertiary/aromatic N) is 2. The summed E-state index contributed by atoms with van der Waals surface area (Å²) in [6.07, 6.45) is 11.7. The van der Waals surface area contributed by atoms with E-state index in [1.807, 2.05) is 0 Å². The number of carbonyl (C=O) groups is 1. The van der Waals surface area contributed by atoms with Crippen LogP contribution in [-0.4, -0.2) is 40.5 Å². The maximum Gasteiger partial charge on any atom is 0.251 e. The van der Waals surface area contributed by atoms with Crippen molar-refractivity contribution in [1.29, 1.82) is 0 Å². The predicted octanol–water partition coefficient (Wildman–Crippen LogP) is 2.30. The zero-order valence-electron chi connectivity index (χ0n) is 14.7. The molecule has 1 aliphatic heterocycles. The molecule has 1 aromatic heterocycles. The minimum atomic E-state index is -0.147. The van der Waals surface area contributed by atoms with Crippen molar-refractivity contribution in [3.63, 3.8) is 0 Å². The minimum absolute atomic E-state index is 0.119. The van der Waals surface area contributed by atoms with Crippen molar-refractivity contribution in [3.8, 4) is 0 Å². The summed E-state index contributed by atoms with van der Waals surface area (Å²) in [5, 5.41) is 3.12. The van der Waals surface area contributed by atoms with Crippen molar-refractivity contribution in [1.82, 2.24) is 14.8 Å². The largest absolute Gasteiger partial charge is 0.350 e. The number of pyridine rings is 1. The molecule has 0 radical (unpaired) electrons. The van der Waals surface area contributed by atoms with E-state index in [4.69, 9.17) is 0 Å². The highest BCUT2D eigenvalue weighted by molar-refractivity contribution is 5.94. The first-order valence-corrected chi connectivity index (χ1v) is 9.31. The van der Waals surface area contributed by atoms with Crippen LogP contribution < -0.4 is 10.9 Å². The fourth-order valence-corrected chi connectivity index (χ4v) is 4.22. The van der Waals surface area contributed by atoms with Gasteiger partial charge in [-0.2, -0.15) is 0 Å². The lowest BCUT2D eigenvalue weighted by Gasteiger charge is -2.48. The number of amides is 1. The van der Waals surface area contributed by atoms with Gasteiger partial charge in [0, 0.05) is 37.0 Å². The molecule has 1 amide bonds. The Morgan fingerprint density at radius 2 is 1.79 bits per heavy atom. The summed E-state index contributed by atoms with van der Waals surface area (Å²) in [5.41, 5.74) is 0.433. The number of rotatable bonds is 4. The second-order valence-corrected chi connectivity index (χ2v) is 7.38. The van der Waals surface area contributed by atoms with Crippen LogP contribution in [0.4, 0.5) is 0 Å². The SMILES string of the molecule is Cn1ccc(C(=O)NCC2(N3CCCCC3)CCCCC2)cc1=O. The molecule has 2 heterocycles. The highest BCUT2D eigenvalue weighted by Gasteiger charge is 2.38. The van der Waals surface area contributed by atoms with Gasteiger partial charge in [-0.3, -0.25) is 14.5 Å². The Labute approximate surface area is 144 Å². The molecule has 0 spiro atoms. The molecule has 0 bridgehead atoms. The third-order valence-electron chi connectivity index (χ3n) is 5.76. The monoisotopic (exact) mass is 331 g/mol. The Morgan fingerprint density at radius 1 is 1.12 bits per heavy atom. The van der Waals surface area contributed by atoms with Crippen LogP contribution in [-0.2, 0) is 7.05 Å². The van der Waals surface area contributed by atoms with Crippen LogP contribution in [0.2, 0.25) is 0 Å². The summed E-state index contributed by atoms with van der Waals surface area (Å²) in [6, 6.07) is 3.13. The number of likely N-dealkylation sites (tertiary alicyclic amines) is 1. The fourth-order valence-electron chi connectivity index (χ4n) is 4.22. The highest BCUT2D eigenvalue weighted by Crippen LogP contribution is 2.35. The van der Waals surface area contributed by atoms with Crippen molar-refractivity contribution < 1.29 is 4.79 Å². The van der Waals surface area contributed by atoms with E-state index < -0.39 is 0 Å². The van der Waals surface area contributed by atoms with Crippen LogP contribution in [0.3, 0.4) is 0 Å². The number of aromatic nitrogens is 1. The van der Waals surface area contributed by atoms with Gasteiger partial charge in [-0.1, -0.05) is 25.7 Å². The van der Waals surface area contributed by atoms with Gasteiger partial charge in [0.25, 0.3) is 11.5 Å². The van der Waals surface area contributed by atoms with E-state index >= 15 is 0 Å². The Morgan fingerprint density at radius 3 is 2.46 bits per heavy atom. The average molecular weight is 331 g/mol. The molecule has 1 saturated carbocycles. The van der Waals surface area contributed by atoms with Crippen LogP contribution in [0, 0.1) is 0 Å². The molecule has 0 atom stereocenters. The molecule has 0 unspecified atom stereocenters. The van der Waals surface area contributed by atoms with Crippen LogP contribution in [0.15, 0.2) is 23.1 Å². The summed E-state index contributed by atoms with van der Waals surface area (Å²) >= 11 is 0. The fraction of sp³-hybridized carbons (Fsp3) is 0.684. The normalized spacial score (nSPS) is 21.4. The first-order chi connectivity index (χ1) is 11.6. The van der Waals surface area contributed by atoms with E-state index in [9.17, 15) is 9.59 Å². The summed E-state index contributed by atoms with van der Waals surface area (Å²) in [6.45, 7) is 3.00. The highest BCUT2D eigenvalue weighted by atomic mass is 16.2. The van der Waals surface area contributed by atoms with Gasteiger partial charge in [0.1, 0.15) is 0 Å². The van der Waals surface area contributed by atoms with Gasteiger partial charge in [0.2, 0.25) is 0 Å². The molecule has 1 aromatic rings. The predicted molar refractivity (Wildman–Crippen MR) is 95.3 cm³/mol. The van der Waals surface area contributed by atoms with Crippen molar-refractivity contribution >= 4 is 5.91 Å². The molecule has 2 aliphatic rings. The summed E-state index contributed by atoms with van der Waals surface area (Å²) in [7, 11) is 1.69. The molecule has 3 rings (SSSR count). The summed E-state index contributed by atoms with van der Waals surface area (Å²) in [5.74, 6) is -0.130. The minimum Gasteiger partial charge on any atom is -0.350 e. The topological polar surface area (TPSA) is 54.3 Å². The first kappa shape index (κ1) is 17.2. The zero-order valence-corrected chi connectivity index (χ0v) is 14.7. The Hall–Kier alpha value is -1.62. The number of carbonyl (C=O) groups excluding carboxylic acids is 1. The van der Waals surface area contributed by atoms with E-state index in [1.165, 1.54) is 62.0 Å². The number of hydrogen-bond donors (Lipinski definition) is 1. The van der Waals surface area contributed by atoms with E-state index in [1.54, 1.807) is 19.3 Å². The first-order valence-electron chi connectivity index (χ1n) is 9.31. The van der Waals surface area contributed by atoms with E-state index in [2.05, 4.69) is 10.2 Å². The molecule has 1 saturated heterocycles. The summed E-state index contributed by atoms with van der Waals surface area (Å²) < 4.78 is 1.48. The average Bonchev–Trinajstić information content (AvgIpc) is 2.63. The van der Waals surface area contributed by atoms with Crippen molar-refractivity contribution in [2.75, 3.05) is 19.6 Å². The van der Waals surface area contributed by atoms with E-state index in [0.717, 1.165) is 13.1 Å². The zero-order chi connectivity index (χ0) is 17.0. The van der Waals surface area contributed by atoms with Gasteiger partial charge in [-0.15, -0.1) is 0 Å². The van der Waals surface area contributed by atoms with Gasteiger partial charge >= 0.3 is 0 Å². The van der Waals surface area contributed by atoms with Gasteiger partial charge in [0.05, 0.1) is 0 Å². The molecule has 1 aliphatic carbocycles. The molecule has 1 N–H and O–H groups in total. The Kier molecular flexibility index (Phi) is 5.39. The lowest BCUT2D eigenvalue weighted by atomic mass is 9.79. The summed E-state index contributed by atoms with van der Waals surface area (Å²) in [4.78, 5) is 26.9.